The highest BCUT2D eigenvalue weighted by Gasteiger charge is 2.18. The molecule has 0 radical (unpaired) electrons. The molecule has 16 heavy (non-hydrogen) atoms. The number of sulfone groups is 1. The van der Waals surface area contributed by atoms with Gasteiger partial charge >= 0.3 is 0 Å². The zero-order chi connectivity index (χ0) is 11.8. The second-order valence-electron chi connectivity index (χ2n) is 3.26. The van der Waals surface area contributed by atoms with Gasteiger partial charge in [-0.3, -0.25) is 0 Å². The molecule has 0 fully saturated rings. The van der Waals surface area contributed by atoms with Gasteiger partial charge in [0.15, 0.2) is 5.82 Å². The number of hydrogen-bond acceptors (Lipinski definition) is 6. The third kappa shape index (κ3) is 1.78. The summed E-state index contributed by atoms with van der Waals surface area (Å²) in [6.45, 7) is 0. The molecule has 7 nitrogen and oxygen atoms in total. The highest BCUT2D eigenvalue weighted by molar-refractivity contribution is 7.90. The van der Waals surface area contributed by atoms with Gasteiger partial charge in [0, 0.05) is 25.7 Å². The van der Waals surface area contributed by atoms with Crippen LogP contribution in [0.3, 0.4) is 0 Å². The second-order valence-corrected chi connectivity index (χ2v) is 5.17. The van der Waals surface area contributed by atoms with Crippen LogP contribution in [0.1, 0.15) is 0 Å². The lowest BCUT2D eigenvalue weighted by molar-refractivity contribution is 0.584. The summed E-state index contributed by atoms with van der Waals surface area (Å²) in [5.74, 6) is 0.418. The summed E-state index contributed by atoms with van der Waals surface area (Å²) in [7, 11) is -1.79. The molecule has 84 valence electrons. The Kier molecular flexibility index (Phi) is 2.43. The Morgan fingerprint density at radius 1 is 1.19 bits per heavy atom. The maximum absolute atomic E-state index is 11.3. The lowest BCUT2D eigenvalue weighted by Gasteiger charge is -2.00. The van der Waals surface area contributed by atoms with E-state index >= 15 is 0 Å². The molecule has 0 saturated heterocycles. The van der Waals surface area contributed by atoms with E-state index in [2.05, 4.69) is 20.2 Å². The van der Waals surface area contributed by atoms with Crippen molar-refractivity contribution in [1.29, 1.82) is 0 Å². The zero-order valence-corrected chi connectivity index (χ0v) is 9.51. The van der Waals surface area contributed by atoms with E-state index in [0.717, 1.165) is 6.26 Å². The average molecular weight is 239 g/mol. The molecule has 0 aliphatic carbocycles. The standard InChI is InChI=1S/C8H9N5O2S/c1-13-7(6-3-9-5-10-4-6)11-12-8(13)16(2,14)15/h3-5H,1-2H3. The zero-order valence-electron chi connectivity index (χ0n) is 8.69. The number of aromatic nitrogens is 5. The topological polar surface area (TPSA) is 90.6 Å². The maximum atomic E-state index is 11.3. The molecule has 0 bridgehead atoms. The highest BCUT2D eigenvalue weighted by Crippen LogP contribution is 2.16. The van der Waals surface area contributed by atoms with E-state index in [1.54, 1.807) is 19.4 Å². The van der Waals surface area contributed by atoms with Crippen LogP contribution in [-0.2, 0) is 16.9 Å². The monoisotopic (exact) mass is 239 g/mol. The van der Waals surface area contributed by atoms with E-state index in [1.165, 1.54) is 10.9 Å². The lowest BCUT2D eigenvalue weighted by Crippen LogP contribution is -2.06. The van der Waals surface area contributed by atoms with Crippen LogP contribution < -0.4 is 0 Å². The fourth-order valence-electron chi connectivity index (χ4n) is 1.30. The summed E-state index contributed by atoms with van der Waals surface area (Å²) >= 11 is 0. The van der Waals surface area contributed by atoms with E-state index in [-0.39, 0.29) is 5.16 Å². The number of rotatable bonds is 2. The molecule has 2 rings (SSSR count). The van der Waals surface area contributed by atoms with Crippen LogP contribution in [0.2, 0.25) is 0 Å². The molecule has 8 heteroatoms. The van der Waals surface area contributed by atoms with Crippen molar-refractivity contribution >= 4 is 9.84 Å². The van der Waals surface area contributed by atoms with Crippen molar-refractivity contribution in [3.63, 3.8) is 0 Å². The normalized spacial score (nSPS) is 11.6. The van der Waals surface area contributed by atoms with E-state index in [1.807, 2.05) is 0 Å². The molecule has 0 spiro atoms. The summed E-state index contributed by atoms with van der Waals surface area (Å²) in [4.78, 5) is 7.66. The summed E-state index contributed by atoms with van der Waals surface area (Å²) in [6.07, 6.45) is 5.56. The molecular formula is C8H9N5O2S. The summed E-state index contributed by atoms with van der Waals surface area (Å²) in [5.41, 5.74) is 0.618. The fraction of sp³-hybridized carbons (Fsp3) is 0.250. The van der Waals surface area contributed by atoms with Crippen molar-refractivity contribution in [1.82, 2.24) is 24.7 Å². The molecule has 2 heterocycles. The van der Waals surface area contributed by atoms with Gasteiger partial charge in [-0.05, 0) is 0 Å². The van der Waals surface area contributed by atoms with Gasteiger partial charge in [-0.2, -0.15) is 0 Å². The Morgan fingerprint density at radius 3 is 2.31 bits per heavy atom. The minimum atomic E-state index is -3.37. The Labute approximate surface area is 92.1 Å². The molecule has 2 aromatic rings. The third-order valence-electron chi connectivity index (χ3n) is 1.99. The Morgan fingerprint density at radius 2 is 1.81 bits per heavy atom. The van der Waals surface area contributed by atoms with Crippen molar-refractivity contribution < 1.29 is 8.42 Å². The first-order chi connectivity index (χ1) is 7.50. The molecule has 0 aliphatic heterocycles. The fourth-order valence-corrected chi connectivity index (χ4v) is 2.08. The van der Waals surface area contributed by atoms with Gasteiger partial charge in [0.25, 0.3) is 0 Å². The molecule has 2 aromatic heterocycles. The minimum Gasteiger partial charge on any atom is -0.301 e. The predicted molar refractivity (Wildman–Crippen MR) is 55.1 cm³/mol. The van der Waals surface area contributed by atoms with Gasteiger partial charge in [-0.1, -0.05) is 0 Å². The van der Waals surface area contributed by atoms with Crippen molar-refractivity contribution in [2.24, 2.45) is 7.05 Å². The number of hydrogen-bond donors (Lipinski definition) is 0. The maximum Gasteiger partial charge on any atom is 0.249 e. The summed E-state index contributed by atoms with van der Waals surface area (Å²) < 4.78 is 24.1. The van der Waals surface area contributed by atoms with E-state index in [4.69, 9.17) is 0 Å². The van der Waals surface area contributed by atoms with Crippen LogP contribution in [0, 0.1) is 0 Å². The molecule has 0 amide bonds. The van der Waals surface area contributed by atoms with Crippen LogP contribution >= 0.6 is 0 Å². The van der Waals surface area contributed by atoms with Crippen molar-refractivity contribution in [2.45, 2.75) is 5.16 Å². The van der Waals surface area contributed by atoms with Crippen molar-refractivity contribution in [2.75, 3.05) is 6.26 Å². The van der Waals surface area contributed by atoms with Crippen LogP contribution in [0.4, 0.5) is 0 Å². The molecule has 0 aliphatic rings. The largest absolute Gasteiger partial charge is 0.301 e. The Hall–Kier alpha value is -1.83. The van der Waals surface area contributed by atoms with E-state index in [0.29, 0.717) is 11.4 Å². The van der Waals surface area contributed by atoms with Gasteiger partial charge in [-0.25, -0.2) is 18.4 Å². The first kappa shape index (κ1) is 10.7. The average Bonchev–Trinajstić information content (AvgIpc) is 2.61. The molecule has 0 saturated carbocycles. The second kappa shape index (κ2) is 3.63. The quantitative estimate of drug-likeness (QED) is 0.713. The summed E-state index contributed by atoms with van der Waals surface area (Å²) in [6, 6.07) is 0. The van der Waals surface area contributed by atoms with Crippen molar-refractivity contribution in [3.05, 3.63) is 18.7 Å². The number of nitrogens with zero attached hydrogens (tertiary/aromatic N) is 5. The van der Waals surface area contributed by atoms with E-state index in [9.17, 15) is 8.42 Å². The van der Waals surface area contributed by atoms with Crippen LogP contribution in [0.15, 0.2) is 23.9 Å². The molecule has 0 atom stereocenters. The predicted octanol–water partition coefficient (Wildman–Crippen LogP) is -0.324. The SMILES string of the molecule is Cn1c(-c2cncnc2)nnc1S(C)(=O)=O. The van der Waals surface area contributed by atoms with Crippen LogP contribution in [0.5, 0.6) is 0 Å². The van der Waals surface area contributed by atoms with E-state index < -0.39 is 9.84 Å². The van der Waals surface area contributed by atoms with Crippen LogP contribution in [0.25, 0.3) is 11.4 Å². The minimum absolute atomic E-state index is 0.0775. The van der Waals surface area contributed by atoms with Gasteiger partial charge in [0.05, 0.1) is 5.56 Å². The van der Waals surface area contributed by atoms with Crippen LogP contribution in [-0.4, -0.2) is 39.4 Å². The lowest BCUT2D eigenvalue weighted by atomic mass is 10.3. The Balaban J connectivity index is 2.59. The van der Waals surface area contributed by atoms with Gasteiger partial charge in [0.2, 0.25) is 15.0 Å². The Bertz CT molecular complexity index is 605. The van der Waals surface area contributed by atoms with Gasteiger partial charge in [0.1, 0.15) is 6.33 Å². The van der Waals surface area contributed by atoms with Crippen molar-refractivity contribution in [3.8, 4) is 11.4 Å². The highest BCUT2D eigenvalue weighted by atomic mass is 32.2. The molecule has 0 aromatic carbocycles. The van der Waals surface area contributed by atoms with Gasteiger partial charge in [-0.15, -0.1) is 10.2 Å². The molecular weight excluding hydrogens is 230 g/mol. The van der Waals surface area contributed by atoms with Gasteiger partial charge < -0.3 is 4.57 Å². The first-order valence-electron chi connectivity index (χ1n) is 4.35. The molecule has 0 N–H and O–H groups in total. The first-order valence-corrected chi connectivity index (χ1v) is 6.24. The molecule has 0 unspecified atom stereocenters. The summed E-state index contributed by atoms with van der Waals surface area (Å²) in [5, 5.41) is 7.36. The smallest absolute Gasteiger partial charge is 0.249 e. The third-order valence-corrected chi connectivity index (χ3v) is 3.00.